The predicted octanol–water partition coefficient (Wildman–Crippen LogP) is 2.13. The molecular weight excluding hydrogens is 342 g/mol. The minimum atomic E-state index is 0.223. The Bertz CT molecular complexity index is 774. The molecule has 8 heteroatoms. The summed E-state index contributed by atoms with van der Waals surface area (Å²) in [5, 5.41) is 1.36. The first-order chi connectivity index (χ1) is 12.1. The third-order valence-corrected chi connectivity index (χ3v) is 4.97. The standard InChI is InChI=1S/C17H22ClN5O2/c1-11-9-24-7-5-22(11)16-13-3-4-14(18)19-15(13)20-17(21-16)23-6-8-25-10-12(23)2/h3-4,11-12H,5-10H2,1-2H3/t11-,12-/m0/s1. The number of ether oxygens (including phenoxy) is 2. The Morgan fingerprint density at radius 2 is 1.64 bits per heavy atom. The Hall–Kier alpha value is -1.70. The molecule has 2 saturated heterocycles. The fourth-order valence-corrected chi connectivity index (χ4v) is 3.52. The summed E-state index contributed by atoms with van der Waals surface area (Å²) in [5.74, 6) is 1.59. The summed E-state index contributed by atoms with van der Waals surface area (Å²) in [7, 11) is 0. The van der Waals surface area contributed by atoms with E-state index in [1.54, 1.807) is 6.07 Å². The number of fused-ring (bicyclic) bond motifs is 1. The second-order valence-corrected chi connectivity index (χ2v) is 6.97. The molecule has 25 heavy (non-hydrogen) atoms. The van der Waals surface area contributed by atoms with Crippen LogP contribution in [0.1, 0.15) is 13.8 Å². The van der Waals surface area contributed by atoms with E-state index in [0.29, 0.717) is 43.2 Å². The zero-order valence-corrected chi connectivity index (χ0v) is 15.2. The molecule has 0 radical (unpaired) electrons. The van der Waals surface area contributed by atoms with Gasteiger partial charge in [-0.3, -0.25) is 0 Å². The van der Waals surface area contributed by atoms with E-state index in [0.717, 1.165) is 24.3 Å². The van der Waals surface area contributed by atoms with Crippen molar-refractivity contribution in [3.05, 3.63) is 17.3 Å². The number of nitrogens with zero attached hydrogens (tertiary/aromatic N) is 5. The first-order valence-corrected chi connectivity index (χ1v) is 9.04. The second kappa shape index (κ2) is 6.90. The minimum Gasteiger partial charge on any atom is -0.377 e. The number of anilines is 2. The van der Waals surface area contributed by atoms with Gasteiger partial charge in [0.05, 0.1) is 43.9 Å². The largest absolute Gasteiger partial charge is 0.377 e. The van der Waals surface area contributed by atoms with Crippen molar-refractivity contribution in [2.24, 2.45) is 0 Å². The van der Waals surface area contributed by atoms with E-state index in [9.17, 15) is 0 Å². The molecule has 0 aliphatic carbocycles. The Morgan fingerprint density at radius 3 is 2.32 bits per heavy atom. The fraction of sp³-hybridized carbons (Fsp3) is 0.588. The fourth-order valence-electron chi connectivity index (χ4n) is 3.37. The van der Waals surface area contributed by atoms with Gasteiger partial charge >= 0.3 is 0 Å². The van der Waals surface area contributed by atoms with E-state index in [1.807, 2.05) is 6.07 Å². The Balaban J connectivity index is 1.84. The van der Waals surface area contributed by atoms with Gasteiger partial charge in [0.25, 0.3) is 0 Å². The van der Waals surface area contributed by atoms with Crippen LogP contribution in [0.25, 0.3) is 11.0 Å². The number of hydrogen-bond acceptors (Lipinski definition) is 7. The topological polar surface area (TPSA) is 63.6 Å². The molecule has 4 rings (SSSR count). The number of rotatable bonds is 2. The molecule has 2 aliphatic heterocycles. The van der Waals surface area contributed by atoms with Crippen molar-refractivity contribution in [2.45, 2.75) is 25.9 Å². The maximum absolute atomic E-state index is 6.11. The molecule has 4 heterocycles. The van der Waals surface area contributed by atoms with Gasteiger partial charge in [-0.05, 0) is 26.0 Å². The van der Waals surface area contributed by atoms with Crippen LogP contribution in [0.15, 0.2) is 12.1 Å². The number of halogens is 1. The molecule has 0 N–H and O–H groups in total. The van der Waals surface area contributed by atoms with Gasteiger partial charge in [-0.1, -0.05) is 11.6 Å². The van der Waals surface area contributed by atoms with Crippen molar-refractivity contribution in [2.75, 3.05) is 49.3 Å². The van der Waals surface area contributed by atoms with Crippen molar-refractivity contribution < 1.29 is 9.47 Å². The van der Waals surface area contributed by atoms with Crippen LogP contribution in [0.5, 0.6) is 0 Å². The molecule has 2 aromatic rings. The van der Waals surface area contributed by atoms with Crippen molar-refractivity contribution >= 4 is 34.4 Å². The number of morpholine rings is 2. The molecule has 7 nitrogen and oxygen atoms in total. The lowest BCUT2D eigenvalue weighted by molar-refractivity contribution is 0.0973. The molecule has 2 aromatic heterocycles. The summed E-state index contributed by atoms with van der Waals surface area (Å²) in [5.41, 5.74) is 0.630. The van der Waals surface area contributed by atoms with Crippen LogP contribution in [0.2, 0.25) is 5.15 Å². The lowest BCUT2D eigenvalue weighted by atomic mass is 10.2. The quantitative estimate of drug-likeness (QED) is 0.757. The first kappa shape index (κ1) is 16.8. The van der Waals surface area contributed by atoms with Gasteiger partial charge in [0, 0.05) is 13.1 Å². The van der Waals surface area contributed by atoms with E-state index in [-0.39, 0.29) is 12.1 Å². The molecule has 2 aliphatic rings. The van der Waals surface area contributed by atoms with Crippen LogP contribution in [-0.2, 0) is 9.47 Å². The van der Waals surface area contributed by atoms with E-state index in [4.69, 9.17) is 31.0 Å². The van der Waals surface area contributed by atoms with Crippen molar-refractivity contribution in [1.29, 1.82) is 0 Å². The molecule has 0 spiro atoms. The smallest absolute Gasteiger partial charge is 0.229 e. The second-order valence-electron chi connectivity index (χ2n) is 6.59. The van der Waals surface area contributed by atoms with Gasteiger partial charge < -0.3 is 19.3 Å². The van der Waals surface area contributed by atoms with Crippen LogP contribution >= 0.6 is 11.6 Å². The molecule has 134 valence electrons. The highest BCUT2D eigenvalue weighted by Crippen LogP contribution is 2.30. The maximum atomic E-state index is 6.11. The maximum Gasteiger partial charge on any atom is 0.229 e. The summed E-state index contributed by atoms with van der Waals surface area (Å²) < 4.78 is 11.1. The molecule has 0 saturated carbocycles. The van der Waals surface area contributed by atoms with E-state index in [1.165, 1.54) is 0 Å². The highest BCUT2D eigenvalue weighted by molar-refractivity contribution is 6.29. The summed E-state index contributed by atoms with van der Waals surface area (Å²) in [4.78, 5) is 18.5. The Morgan fingerprint density at radius 1 is 0.960 bits per heavy atom. The van der Waals surface area contributed by atoms with Crippen LogP contribution < -0.4 is 9.80 Å². The van der Waals surface area contributed by atoms with Crippen LogP contribution in [0.3, 0.4) is 0 Å². The molecule has 2 atom stereocenters. The minimum absolute atomic E-state index is 0.223. The average Bonchev–Trinajstić information content (AvgIpc) is 2.61. The van der Waals surface area contributed by atoms with Gasteiger partial charge in [0.1, 0.15) is 11.0 Å². The van der Waals surface area contributed by atoms with E-state index < -0.39 is 0 Å². The molecular formula is C17H22ClN5O2. The van der Waals surface area contributed by atoms with Crippen LogP contribution in [0.4, 0.5) is 11.8 Å². The SMILES string of the molecule is C[C@H]1COCCN1c1nc(N2CCOC[C@@H]2C)c2ccc(Cl)nc2n1. The summed E-state index contributed by atoms with van der Waals surface area (Å²) in [6.45, 7) is 8.57. The number of aromatic nitrogens is 3. The van der Waals surface area contributed by atoms with Gasteiger partial charge in [-0.25, -0.2) is 4.98 Å². The lowest BCUT2D eigenvalue weighted by Crippen LogP contribution is -2.46. The number of pyridine rings is 1. The third kappa shape index (κ3) is 3.23. The number of hydrogen-bond donors (Lipinski definition) is 0. The monoisotopic (exact) mass is 363 g/mol. The zero-order valence-electron chi connectivity index (χ0n) is 14.5. The summed E-state index contributed by atoms with van der Waals surface area (Å²) in [6, 6.07) is 4.21. The van der Waals surface area contributed by atoms with E-state index in [2.05, 4.69) is 28.6 Å². The summed E-state index contributed by atoms with van der Waals surface area (Å²) in [6.07, 6.45) is 0. The van der Waals surface area contributed by atoms with Crippen molar-refractivity contribution in [1.82, 2.24) is 15.0 Å². The highest BCUT2D eigenvalue weighted by Gasteiger charge is 2.27. The van der Waals surface area contributed by atoms with E-state index >= 15 is 0 Å². The summed E-state index contributed by atoms with van der Waals surface area (Å²) >= 11 is 6.11. The normalized spacial score (nSPS) is 24.8. The van der Waals surface area contributed by atoms with Crippen molar-refractivity contribution in [3.63, 3.8) is 0 Å². The highest BCUT2D eigenvalue weighted by atomic mass is 35.5. The van der Waals surface area contributed by atoms with Crippen molar-refractivity contribution in [3.8, 4) is 0 Å². The third-order valence-electron chi connectivity index (χ3n) is 4.76. The average molecular weight is 364 g/mol. The van der Waals surface area contributed by atoms with Gasteiger partial charge in [-0.15, -0.1) is 0 Å². The molecule has 0 amide bonds. The zero-order chi connectivity index (χ0) is 17.4. The molecule has 0 bridgehead atoms. The predicted molar refractivity (Wildman–Crippen MR) is 97.6 cm³/mol. The molecule has 0 aromatic carbocycles. The first-order valence-electron chi connectivity index (χ1n) is 8.66. The van der Waals surface area contributed by atoms with Gasteiger partial charge in [-0.2, -0.15) is 9.97 Å². The molecule has 2 fully saturated rings. The van der Waals surface area contributed by atoms with Crippen LogP contribution in [-0.4, -0.2) is 66.6 Å². The van der Waals surface area contributed by atoms with Gasteiger partial charge in [0.15, 0.2) is 5.65 Å². The molecule has 0 unspecified atom stereocenters. The Labute approximate surface area is 151 Å². The Kier molecular flexibility index (Phi) is 4.62. The van der Waals surface area contributed by atoms with Crippen LogP contribution in [0, 0.1) is 0 Å². The van der Waals surface area contributed by atoms with Gasteiger partial charge in [0.2, 0.25) is 5.95 Å². The lowest BCUT2D eigenvalue weighted by Gasteiger charge is -2.37.